The van der Waals surface area contributed by atoms with Gasteiger partial charge in [0.05, 0.1) is 0 Å². The zero-order chi connectivity index (χ0) is 13.4. The predicted molar refractivity (Wildman–Crippen MR) is 68.6 cm³/mol. The van der Waals surface area contributed by atoms with Crippen LogP contribution >= 0.6 is 0 Å². The van der Waals surface area contributed by atoms with Crippen molar-refractivity contribution in [2.24, 2.45) is 0 Å². The Labute approximate surface area is 108 Å². The smallest absolute Gasteiger partial charge is 0.260 e. The number of amides is 3. The molecule has 0 saturated heterocycles. The first-order valence-electron chi connectivity index (χ1n) is 6.75. The van der Waals surface area contributed by atoms with E-state index in [1.165, 1.54) is 25.7 Å². The summed E-state index contributed by atoms with van der Waals surface area (Å²) >= 11 is 0. The Morgan fingerprint density at radius 1 is 0.944 bits per heavy atom. The van der Waals surface area contributed by atoms with Crippen LogP contribution in [0.1, 0.15) is 58.3 Å². The van der Waals surface area contributed by atoms with Gasteiger partial charge >= 0.3 is 0 Å². The largest absolute Gasteiger partial charge is 0.274 e. The van der Waals surface area contributed by atoms with Crippen LogP contribution < -0.4 is 0 Å². The molecule has 1 rings (SSSR count). The molecule has 0 aliphatic carbocycles. The van der Waals surface area contributed by atoms with Crippen LogP contribution in [0.15, 0.2) is 12.2 Å². The molecule has 1 heterocycles. The molecule has 0 N–H and O–H groups in total. The molecule has 0 aromatic carbocycles. The standard InChI is InChI=1S/C14H21NO3/c1-2-3-4-5-6-7-8-9-12(16)15-13(17)10-11-14(15)18/h10-11H,2-9H2,1H3. The Hall–Kier alpha value is -1.45. The summed E-state index contributed by atoms with van der Waals surface area (Å²) < 4.78 is 0. The zero-order valence-corrected chi connectivity index (χ0v) is 11.0. The minimum absolute atomic E-state index is 0.285. The fourth-order valence-electron chi connectivity index (χ4n) is 1.99. The maximum absolute atomic E-state index is 11.6. The van der Waals surface area contributed by atoms with Crippen LogP contribution in [-0.4, -0.2) is 22.6 Å². The Bertz CT molecular complexity index is 329. The van der Waals surface area contributed by atoms with Crippen LogP contribution in [0.25, 0.3) is 0 Å². The first-order chi connectivity index (χ1) is 8.66. The number of imide groups is 3. The molecule has 1 aliphatic heterocycles. The van der Waals surface area contributed by atoms with Crippen molar-refractivity contribution in [2.75, 3.05) is 0 Å². The van der Waals surface area contributed by atoms with E-state index in [1.807, 2.05) is 0 Å². The molecule has 0 bridgehead atoms. The molecule has 4 heteroatoms. The number of rotatable bonds is 8. The quantitative estimate of drug-likeness (QED) is 0.492. The third kappa shape index (κ3) is 4.43. The highest BCUT2D eigenvalue weighted by atomic mass is 16.2. The molecule has 4 nitrogen and oxygen atoms in total. The van der Waals surface area contributed by atoms with Crippen molar-refractivity contribution in [1.82, 2.24) is 4.90 Å². The monoisotopic (exact) mass is 251 g/mol. The Morgan fingerprint density at radius 2 is 1.44 bits per heavy atom. The molecule has 0 aromatic rings. The summed E-state index contributed by atoms with van der Waals surface area (Å²) in [4.78, 5) is 34.8. The van der Waals surface area contributed by atoms with Gasteiger partial charge in [0.15, 0.2) is 0 Å². The van der Waals surface area contributed by atoms with Crippen LogP contribution in [0.5, 0.6) is 0 Å². The Morgan fingerprint density at radius 3 is 2.00 bits per heavy atom. The van der Waals surface area contributed by atoms with Gasteiger partial charge in [-0.25, -0.2) is 4.90 Å². The Kier molecular flexibility index (Phi) is 6.33. The molecule has 0 atom stereocenters. The minimum Gasteiger partial charge on any atom is -0.274 e. The lowest BCUT2D eigenvalue weighted by atomic mass is 10.1. The fraction of sp³-hybridized carbons (Fsp3) is 0.643. The number of hydrogen-bond donors (Lipinski definition) is 0. The van der Waals surface area contributed by atoms with Crippen molar-refractivity contribution >= 4 is 17.7 Å². The highest BCUT2D eigenvalue weighted by Gasteiger charge is 2.29. The van der Waals surface area contributed by atoms with E-state index >= 15 is 0 Å². The summed E-state index contributed by atoms with van der Waals surface area (Å²) in [6.07, 6.45) is 10.4. The maximum atomic E-state index is 11.6. The topological polar surface area (TPSA) is 54.5 Å². The number of nitrogens with zero attached hydrogens (tertiary/aromatic N) is 1. The lowest BCUT2D eigenvalue weighted by Gasteiger charge is -2.11. The molecule has 0 spiro atoms. The van der Waals surface area contributed by atoms with Crippen LogP contribution in [0.3, 0.4) is 0 Å². The van der Waals surface area contributed by atoms with Gasteiger partial charge in [0.2, 0.25) is 5.91 Å². The summed E-state index contributed by atoms with van der Waals surface area (Å²) in [6, 6.07) is 0. The highest BCUT2D eigenvalue weighted by Crippen LogP contribution is 2.11. The minimum atomic E-state index is -0.507. The average molecular weight is 251 g/mol. The van der Waals surface area contributed by atoms with Gasteiger partial charge in [-0.2, -0.15) is 0 Å². The van der Waals surface area contributed by atoms with Gasteiger partial charge in [-0.05, 0) is 6.42 Å². The van der Waals surface area contributed by atoms with E-state index in [-0.39, 0.29) is 12.3 Å². The first-order valence-corrected chi connectivity index (χ1v) is 6.75. The van der Waals surface area contributed by atoms with E-state index in [0.29, 0.717) is 0 Å². The zero-order valence-electron chi connectivity index (χ0n) is 11.0. The van der Waals surface area contributed by atoms with Crippen molar-refractivity contribution in [2.45, 2.75) is 58.3 Å². The molecule has 3 amide bonds. The number of carbonyl (C=O) groups excluding carboxylic acids is 3. The average Bonchev–Trinajstić information content (AvgIpc) is 2.68. The number of hydrogen-bond acceptors (Lipinski definition) is 3. The summed E-state index contributed by atoms with van der Waals surface area (Å²) in [7, 11) is 0. The lowest BCUT2D eigenvalue weighted by molar-refractivity contribution is -0.148. The van der Waals surface area contributed by atoms with Crippen LogP contribution in [-0.2, 0) is 14.4 Å². The molecule has 0 saturated carbocycles. The lowest BCUT2D eigenvalue weighted by Crippen LogP contribution is -2.36. The highest BCUT2D eigenvalue weighted by molar-refractivity contribution is 6.22. The molecular formula is C14H21NO3. The SMILES string of the molecule is CCCCCCCCCC(=O)N1C(=O)C=CC1=O. The van der Waals surface area contributed by atoms with E-state index in [2.05, 4.69) is 6.92 Å². The van der Waals surface area contributed by atoms with Gasteiger partial charge in [-0.15, -0.1) is 0 Å². The van der Waals surface area contributed by atoms with Crippen LogP contribution in [0.2, 0.25) is 0 Å². The molecule has 0 aromatic heterocycles. The number of carbonyl (C=O) groups is 3. The van der Waals surface area contributed by atoms with Gasteiger partial charge < -0.3 is 0 Å². The third-order valence-electron chi connectivity index (χ3n) is 3.05. The molecule has 0 fully saturated rings. The van der Waals surface area contributed by atoms with Gasteiger partial charge in [0.25, 0.3) is 11.8 Å². The van der Waals surface area contributed by atoms with Crippen molar-refractivity contribution < 1.29 is 14.4 Å². The van der Waals surface area contributed by atoms with E-state index in [1.54, 1.807) is 0 Å². The summed E-state index contributed by atoms with van der Waals surface area (Å²) in [5.74, 6) is -1.38. The second-order valence-electron chi connectivity index (χ2n) is 4.61. The Balaban J connectivity index is 2.11. The van der Waals surface area contributed by atoms with E-state index < -0.39 is 11.8 Å². The first kappa shape index (κ1) is 14.6. The molecular weight excluding hydrogens is 230 g/mol. The second-order valence-corrected chi connectivity index (χ2v) is 4.61. The summed E-state index contributed by atoms with van der Waals surface area (Å²) in [5.41, 5.74) is 0. The third-order valence-corrected chi connectivity index (χ3v) is 3.05. The van der Waals surface area contributed by atoms with Crippen LogP contribution in [0, 0.1) is 0 Å². The van der Waals surface area contributed by atoms with Gasteiger partial charge in [-0.3, -0.25) is 14.4 Å². The van der Waals surface area contributed by atoms with Crippen molar-refractivity contribution in [3.8, 4) is 0 Å². The fourth-order valence-corrected chi connectivity index (χ4v) is 1.99. The molecule has 0 unspecified atom stereocenters. The van der Waals surface area contributed by atoms with Crippen LogP contribution in [0.4, 0.5) is 0 Å². The second kappa shape index (κ2) is 7.80. The summed E-state index contributed by atoms with van der Waals surface area (Å²) in [5, 5.41) is 0. The van der Waals surface area contributed by atoms with Crippen molar-refractivity contribution in [3.05, 3.63) is 12.2 Å². The number of unbranched alkanes of at least 4 members (excludes halogenated alkanes) is 6. The van der Waals surface area contributed by atoms with E-state index in [4.69, 9.17) is 0 Å². The normalized spacial score (nSPS) is 14.6. The van der Waals surface area contributed by atoms with Crippen molar-refractivity contribution in [3.63, 3.8) is 0 Å². The van der Waals surface area contributed by atoms with Gasteiger partial charge in [-0.1, -0.05) is 45.4 Å². The summed E-state index contributed by atoms with van der Waals surface area (Å²) in [6.45, 7) is 2.18. The molecule has 0 radical (unpaired) electrons. The van der Waals surface area contributed by atoms with Gasteiger partial charge in [0, 0.05) is 18.6 Å². The predicted octanol–water partition coefficient (Wildman–Crippen LogP) is 2.58. The molecule has 1 aliphatic rings. The van der Waals surface area contributed by atoms with Crippen molar-refractivity contribution in [1.29, 1.82) is 0 Å². The molecule has 18 heavy (non-hydrogen) atoms. The van der Waals surface area contributed by atoms with E-state index in [0.717, 1.165) is 36.3 Å². The maximum Gasteiger partial charge on any atom is 0.260 e. The molecule has 100 valence electrons. The van der Waals surface area contributed by atoms with Gasteiger partial charge in [0.1, 0.15) is 0 Å². The van der Waals surface area contributed by atoms with E-state index in [9.17, 15) is 14.4 Å².